The zero-order valence-corrected chi connectivity index (χ0v) is 9.25. The van der Waals surface area contributed by atoms with Crippen LogP contribution in [0.1, 0.15) is 12.6 Å². The first-order valence-corrected chi connectivity index (χ1v) is 4.96. The molecule has 0 aliphatic carbocycles. The largest absolute Gasteiger partial charge is 0.405 e. The first-order valence-electron chi connectivity index (χ1n) is 4.96. The highest BCUT2D eigenvalue weighted by Crippen LogP contribution is 2.23. The van der Waals surface area contributed by atoms with Gasteiger partial charge in [0.1, 0.15) is 18.1 Å². The van der Waals surface area contributed by atoms with Gasteiger partial charge in [-0.3, -0.25) is 10.4 Å². The van der Waals surface area contributed by atoms with Crippen LogP contribution in [0.3, 0.4) is 0 Å². The number of anilines is 1. The Morgan fingerprint density at radius 3 is 2.65 bits per heavy atom. The van der Waals surface area contributed by atoms with Crippen molar-refractivity contribution < 1.29 is 13.2 Å². The minimum Gasteiger partial charge on any atom is -0.382 e. The lowest BCUT2D eigenvalue weighted by Crippen LogP contribution is -2.35. The number of rotatable bonds is 4. The summed E-state index contributed by atoms with van der Waals surface area (Å²) in [5.41, 5.74) is 5.57. The quantitative estimate of drug-likeness (QED) is 0.628. The summed E-state index contributed by atoms with van der Waals surface area (Å²) >= 11 is 0. The Bertz CT molecular complexity index is 403. The molecule has 1 aromatic rings. The van der Waals surface area contributed by atoms with E-state index in [1.165, 1.54) is 18.3 Å². The van der Waals surface area contributed by atoms with E-state index in [-0.39, 0.29) is 23.8 Å². The van der Waals surface area contributed by atoms with Crippen molar-refractivity contribution in [1.82, 2.24) is 4.98 Å². The Morgan fingerprint density at radius 2 is 2.18 bits per heavy atom. The normalized spacial score (nSPS) is 11.3. The number of nitrogens with zero attached hydrogens (tertiary/aromatic N) is 2. The van der Waals surface area contributed by atoms with Gasteiger partial charge < -0.3 is 10.6 Å². The van der Waals surface area contributed by atoms with Gasteiger partial charge in [0.05, 0.1) is 5.69 Å². The van der Waals surface area contributed by atoms with Gasteiger partial charge in [0.25, 0.3) is 0 Å². The molecular weight excluding hydrogens is 233 g/mol. The molecule has 0 spiro atoms. The predicted molar refractivity (Wildman–Crippen MR) is 59.2 cm³/mol. The van der Waals surface area contributed by atoms with Crippen molar-refractivity contribution in [2.24, 2.45) is 5.73 Å². The third-order valence-corrected chi connectivity index (χ3v) is 2.13. The number of hydrogen-bond donors (Lipinski definition) is 2. The average Bonchev–Trinajstić information content (AvgIpc) is 2.24. The standard InChI is InChI=1S/C10H13F3N4/c1-2-17(6-10(11,12)13)7-4-3-5-16-8(7)9(14)15/h3-5H,2,6H2,1H3,(H3,14,15). The minimum atomic E-state index is -4.31. The van der Waals surface area contributed by atoms with E-state index in [0.717, 1.165) is 4.90 Å². The van der Waals surface area contributed by atoms with Crippen LogP contribution in [0.15, 0.2) is 18.3 Å². The first kappa shape index (κ1) is 13.3. The van der Waals surface area contributed by atoms with Crippen molar-refractivity contribution in [2.45, 2.75) is 13.1 Å². The number of nitrogens with two attached hydrogens (primary N) is 1. The molecule has 0 unspecified atom stereocenters. The minimum absolute atomic E-state index is 0.0681. The number of nitrogen functional groups attached to an aromatic ring is 1. The summed E-state index contributed by atoms with van der Waals surface area (Å²) in [6.45, 7) is 0.670. The Labute approximate surface area is 96.8 Å². The van der Waals surface area contributed by atoms with E-state index in [2.05, 4.69) is 4.98 Å². The summed E-state index contributed by atoms with van der Waals surface area (Å²) < 4.78 is 37.1. The van der Waals surface area contributed by atoms with Crippen molar-refractivity contribution >= 4 is 11.5 Å². The number of hydrogen-bond acceptors (Lipinski definition) is 3. The molecular formula is C10H13F3N4. The Morgan fingerprint density at radius 1 is 1.53 bits per heavy atom. The maximum atomic E-state index is 12.4. The topological polar surface area (TPSA) is 66.0 Å². The maximum absolute atomic E-state index is 12.4. The van der Waals surface area contributed by atoms with Crippen molar-refractivity contribution in [3.05, 3.63) is 24.0 Å². The molecule has 0 amide bonds. The Kier molecular flexibility index (Phi) is 3.93. The van der Waals surface area contributed by atoms with Gasteiger partial charge in [-0.2, -0.15) is 13.2 Å². The second kappa shape index (κ2) is 5.03. The van der Waals surface area contributed by atoms with E-state index >= 15 is 0 Å². The molecule has 0 aliphatic rings. The number of aromatic nitrogens is 1. The van der Waals surface area contributed by atoms with Crippen LogP contribution in [0.25, 0.3) is 0 Å². The van der Waals surface area contributed by atoms with Gasteiger partial charge in [0, 0.05) is 12.7 Å². The number of halogens is 3. The fourth-order valence-corrected chi connectivity index (χ4v) is 1.44. The summed E-state index contributed by atoms with van der Waals surface area (Å²) in [5, 5.41) is 7.28. The average molecular weight is 246 g/mol. The van der Waals surface area contributed by atoms with Crippen LogP contribution < -0.4 is 10.6 Å². The molecule has 17 heavy (non-hydrogen) atoms. The van der Waals surface area contributed by atoms with Crippen molar-refractivity contribution in [1.29, 1.82) is 5.41 Å². The highest BCUT2D eigenvalue weighted by atomic mass is 19.4. The second-order valence-electron chi connectivity index (χ2n) is 3.41. The molecule has 94 valence electrons. The summed E-state index contributed by atoms with van der Waals surface area (Å²) in [6, 6.07) is 2.99. The van der Waals surface area contributed by atoms with E-state index in [0.29, 0.717) is 0 Å². The van der Waals surface area contributed by atoms with E-state index in [9.17, 15) is 13.2 Å². The molecule has 0 fully saturated rings. The summed E-state index contributed by atoms with van der Waals surface area (Å²) in [6.07, 6.45) is -2.92. The third kappa shape index (κ3) is 3.61. The molecule has 0 saturated carbocycles. The number of nitrogens with one attached hydrogen (secondary N) is 1. The zero-order chi connectivity index (χ0) is 13.1. The van der Waals surface area contributed by atoms with Crippen LogP contribution in [-0.2, 0) is 0 Å². The monoisotopic (exact) mass is 246 g/mol. The molecule has 0 saturated heterocycles. The van der Waals surface area contributed by atoms with Crippen molar-refractivity contribution in [3.63, 3.8) is 0 Å². The third-order valence-electron chi connectivity index (χ3n) is 2.13. The molecule has 0 atom stereocenters. The molecule has 0 aliphatic heterocycles. The summed E-state index contributed by atoms with van der Waals surface area (Å²) in [7, 11) is 0. The van der Waals surface area contributed by atoms with Gasteiger partial charge in [-0.15, -0.1) is 0 Å². The fraction of sp³-hybridized carbons (Fsp3) is 0.400. The van der Waals surface area contributed by atoms with E-state index in [1.807, 2.05) is 0 Å². The molecule has 0 bridgehead atoms. The summed E-state index contributed by atoms with van der Waals surface area (Å²) in [5.74, 6) is -0.346. The van der Waals surface area contributed by atoms with Crippen molar-refractivity contribution in [2.75, 3.05) is 18.0 Å². The van der Waals surface area contributed by atoms with Crippen LogP contribution in [0, 0.1) is 5.41 Å². The first-order chi connectivity index (χ1) is 7.85. The molecule has 0 radical (unpaired) electrons. The van der Waals surface area contributed by atoms with Crippen LogP contribution >= 0.6 is 0 Å². The number of pyridine rings is 1. The lowest BCUT2D eigenvalue weighted by molar-refractivity contribution is -0.119. The summed E-state index contributed by atoms with van der Waals surface area (Å²) in [4.78, 5) is 4.91. The fourth-order valence-electron chi connectivity index (χ4n) is 1.44. The van der Waals surface area contributed by atoms with Crippen molar-refractivity contribution in [3.8, 4) is 0 Å². The maximum Gasteiger partial charge on any atom is 0.405 e. The smallest absolute Gasteiger partial charge is 0.382 e. The van der Waals surface area contributed by atoms with Crippen LogP contribution in [0.4, 0.5) is 18.9 Å². The van der Waals surface area contributed by atoms with Crippen LogP contribution in [0.2, 0.25) is 0 Å². The van der Waals surface area contributed by atoms with E-state index in [1.54, 1.807) is 6.92 Å². The molecule has 1 rings (SSSR count). The highest BCUT2D eigenvalue weighted by molar-refractivity contribution is 5.98. The molecule has 0 aromatic carbocycles. The van der Waals surface area contributed by atoms with Gasteiger partial charge in [0.2, 0.25) is 0 Å². The van der Waals surface area contributed by atoms with Crippen LogP contribution in [-0.4, -0.2) is 30.1 Å². The van der Waals surface area contributed by atoms with Gasteiger partial charge in [0.15, 0.2) is 0 Å². The lowest BCUT2D eigenvalue weighted by Gasteiger charge is -2.25. The Hall–Kier alpha value is -1.79. The molecule has 7 heteroatoms. The van der Waals surface area contributed by atoms with Gasteiger partial charge in [-0.1, -0.05) is 0 Å². The van der Waals surface area contributed by atoms with Gasteiger partial charge in [-0.25, -0.2) is 0 Å². The van der Waals surface area contributed by atoms with Gasteiger partial charge in [-0.05, 0) is 19.1 Å². The number of amidine groups is 1. The molecule has 4 nitrogen and oxygen atoms in total. The lowest BCUT2D eigenvalue weighted by atomic mass is 10.2. The number of alkyl halides is 3. The second-order valence-corrected chi connectivity index (χ2v) is 3.41. The Balaban J connectivity index is 3.07. The zero-order valence-electron chi connectivity index (χ0n) is 9.25. The molecule has 3 N–H and O–H groups in total. The SMILES string of the molecule is CCN(CC(F)(F)F)c1cccnc1C(=N)N. The molecule has 1 heterocycles. The highest BCUT2D eigenvalue weighted by Gasteiger charge is 2.31. The van der Waals surface area contributed by atoms with E-state index in [4.69, 9.17) is 11.1 Å². The molecule has 1 aromatic heterocycles. The van der Waals surface area contributed by atoms with E-state index < -0.39 is 12.7 Å². The van der Waals surface area contributed by atoms with Gasteiger partial charge >= 0.3 is 6.18 Å². The predicted octanol–water partition coefficient (Wildman–Crippen LogP) is 1.75. The van der Waals surface area contributed by atoms with Crippen LogP contribution in [0.5, 0.6) is 0 Å².